The molecule has 1 aliphatic carbocycles. The molecule has 3 aromatic carbocycles. The summed E-state index contributed by atoms with van der Waals surface area (Å²) in [6, 6.07) is 25.3. The van der Waals surface area contributed by atoms with Crippen LogP contribution in [0.15, 0.2) is 72.8 Å². The normalized spacial score (nSPS) is 20.2. The lowest BCUT2D eigenvalue weighted by Gasteiger charge is -2.30. The van der Waals surface area contributed by atoms with Crippen LogP contribution in [0, 0.1) is 11.8 Å². The average molecular weight is 552 g/mol. The minimum atomic E-state index is 0.0605. The van der Waals surface area contributed by atoms with Gasteiger partial charge in [0.2, 0.25) is 11.2 Å². The van der Waals surface area contributed by atoms with E-state index >= 15 is 0 Å². The van der Waals surface area contributed by atoms with Gasteiger partial charge in [-0.15, -0.1) is 0 Å². The molecule has 2 heterocycles. The van der Waals surface area contributed by atoms with E-state index in [1.54, 1.807) is 12.0 Å². The van der Waals surface area contributed by atoms with Crippen LogP contribution in [0.5, 0.6) is 11.5 Å². The highest BCUT2D eigenvalue weighted by Gasteiger charge is 2.35. The molecule has 1 aromatic heterocycles. The molecule has 0 spiro atoms. The monoisotopic (exact) mass is 551 g/mol. The van der Waals surface area contributed by atoms with Crippen molar-refractivity contribution in [1.82, 2.24) is 0 Å². The minimum Gasteiger partial charge on any atom is -0.493 e. The van der Waals surface area contributed by atoms with Gasteiger partial charge in [0.15, 0.2) is 23.9 Å². The lowest BCUT2D eigenvalue weighted by atomic mass is 9.85. The van der Waals surface area contributed by atoms with Gasteiger partial charge in [-0.1, -0.05) is 30.3 Å². The number of benzene rings is 3. The van der Waals surface area contributed by atoms with E-state index in [-0.39, 0.29) is 11.7 Å². The Morgan fingerprint density at radius 1 is 0.976 bits per heavy atom. The Hall–Kier alpha value is -3.90. The Morgan fingerprint density at radius 3 is 2.51 bits per heavy atom. The number of Topliss-reactive ketones (excluding diaryl/α,β-unsaturated/α-hetero) is 1. The first-order chi connectivity index (χ1) is 20.0. The molecule has 1 aliphatic heterocycles. The topological polar surface area (TPSA) is 55.9 Å². The van der Waals surface area contributed by atoms with Gasteiger partial charge in [-0.2, -0.15) is 4.57 Å². The number of hydrogen-bond donors (Lipinski definition) is 2. The van der Waals surface area contributed by atoms with Gasteiger partial charge in [0.1, 0.15) is 13.6 Å². The molecule has 2 N–H and O–H groups in total. The Kier molecular flexibility index (Phi) is 7.93. The van der Waals surface area contributed by atoms with Crippen molar-refractivity contribution >= 4 is 22.4 Å². The highest BCUT2D eigenvalue weighted by molar-refractivity contribution is 6.03. The zero-order valence-electron chi connectivity index (χ0n) is 24.4. The van der Waals surface area contributed by atoms with Gasteiger partial charge in [-0.3, -0.25) is 4.79 Å². The van der Waals surface area contributed by atoms with E-state index in [2.05, 4.69) is 77.6 Å². The molecule has 1 unspecified atom stereocenters. The van der Waals surface area contributed by atoms with Crippen LogP contribution in [-0.4, -0.2) is 33.0 Å². The predicted octanol–water partition coefficient (Wildman–Crippen LogP) is 4.53. The number of fused-ring (bicyclic) bond motifs is 2. The summed E-state index contributed by atoms with van der Waals surface area (Å²) < 4.78 is 14.2. The van der Waals surface area contributed by atoms with Gasteiger partial charge < -0.3 is 19.7 Å². The first-order valence-electron chi connectivity index (χ1n) is 14.9. The number of anilines is 1. The minimum absolute atomic E-state index is 0.0605. The maximum absolute atomic E-state index is 13.4. The van der Waals surface area contributed by atoms with Crippen LogP contribution >= 0.6 is 0 Å². The number of hydrogen-bond acceptors (Lipinski definition) is 4. The second-order valence-corrected chi connectivity index (χ2v) is 11.7. The number of piperidine rings is 1. The Labute approximate surface area is 242 Å². The van der Waals surface area contributed by atoms with Crippen LogP contribution in [0.4, 0.5) is 5.69 Å². The largest absolute Gasteiger partial charge is 0.493 e. The molecule has 0 bridgehead atoms. The molecule has 2 aliphatic rings. The summed E-state index contributed by atoms with van der Waals surface area (Å²) in [5.74, 6) is 2.26. The van der Waals surface area contributed by atoms with E-state index in [9.17, 15) is 4.79 Å². The smallest absolute Gasteiger partial charge is 0.219 e. The van der Waals surface area contributed by atoms with E-state index in [0.717, 1.165) is 47.4 Å². The zero-order chi connectivity index (χ0) is 28.3. The van der Waals surface area contributed by atoms with Crippen molar-refractivity contribution in [2.24, 2.45) is 18.9 Å². The van der Waals surface area contributed by atoms with E-state index in [1.165, 1.54) is 36.9 Å². The summed E-state index contributed by atoms with van der Waals surface area (Å²) in [6.45, 7) is 3.87. The second-order valence-electron chi connectivity index (χ2n) is 11.7. The number of quaternary nitrogens is 1. The molecule has 6 heteroatoms. The number of ether oxygens (including phenoxy) is 2. The van der Waals surface area contributed by atoms with Crippen LogP contribution in [0.2, 0.25) is 0 Å². The van der Waals surface area contributed by atoms with Crippen LogP contribution in [0.25, 0.3) is 10.9 Å². The Bertz CT molecular complexity index is 1540. The molecular weight excluding hydrogens is 510 g/mol. The van der Waals surface area contributed by atoms with Crippen molar-refractivity contribution in [3.8, 4) is 11.5 Å². The lowest BCUT2D eigenvalue weighted by Crippen LogP contribution is -3.11. The predicted molar refractivity (Wildman–Crippen MR) is 162 cm³/mol. The molecule has 212 valence electrons. The number of aryl methyl sites for hydroxylation is 1. The quantitative estimate of drug-likeness (QED) is 0.300. The number of ketones is 1. The fourth-order valence-corrected chi connectivity index (χ4v) is 6.71. The molecule has 41 heavy (non-hydrogen) atoms. The summed E-state index contributed by atoms with van der Waals surface area (Å²) in [7, 11) is 5.64. The molecule has 1 saturated heterocycles. The number of likely N-dealkylation sites (tertiary alicyclic amines) is 1. The first-order valence-corrected chi connectivity index (χ1v) is 14.9. The zero-order valence-corrected chi connectivity index (χ0v) is 24.4. The molecule has 1 atom stereocenters. The Morgan fingerprint density at radius 2 is 1.76 bits per heavy atom. The summed E-state index contributed by atoms with van der Waals surface area (Å²) in [5, 5.41) is 4.40. The highest BCUT2D eigenvalue weighted by Crippen LogP contribution is 2.39. The first kappa shape index (κ1) is 27.3. The Balaban J connectivity index is 1.10. The summed E-state index contributed by atoms with van der Waals surface area (Å²) in [5.41, 5.74) is 6.57. The van der Waals surface area contributed by atoms with Crippen LogP contribution in [0.1, 0.15) is 46.4 Å². The molecule has 4 aromatic rings. The van der Waals surface area contributed by atoms with E-state index in [0.29, 0.717) is 24.0 Å². The van der Waals surface area contributed by atoms with Crippen molar-refractivity contribution in [3.63, 3.8) is 0 Å². The van der Waals surface area contributed by atoms with Gasteiger partial charge in [0.25, 0.3) is 0 Å². The van der Waals surface area contributed by atoms with Gasteiger partial charge in [0, 0.05) is 47.3 Å². The number of rotatable bonds is 9. The fraction of sp³-hybridized carbons (Fsp3) is 0.371. The number of carbonyl (C=O) groups excluding carboxylic acids is 1. The second kappa shape index (κ2) is 11.9. The molecule has 0 amide bonds. The van der Waals surface area contributed by atoms with Gasteiger partial charge in [0.05, 0.1) is 20.2 Å². The molecule has 6 nitrogen and oxygen atoms in total. The molecule has 1 fully saturated rings. The summed E-state index contributed by atoms with van der Waals surface area (Å²) >= 11 is 0. The fourth-order valence-electron chi connectivity index (χ4n) is 6.71. The molecule has 0 saturated carbocycles. The van der Waals surface area contributed by atoms with Crippen molar-refractivity contribution < 1.29 is 23.7 Å². The van der Waals surface area contributed by atoms with E-state index in [1.807, 2.05) is 19.2 Å². The number of pyridine rings is 1. The standard InChI is InChI=1S/C35H39N3O3/c1-36-29-11-9-26-10-12-30(37(2)32(26)20-29)23-41-34-19-27-18-28(35(39)31(27)21-33(34)40-3)17-24-13-15-38(16-14-24)22-25-7-5-4-6-8-25/h4-12,19-21,24,28H,13-18,22-23H2,1-3H3/p+2. The van der Waals surface area contributed by atoms with Crippen LogP contribution in [0.3, 0.4) is 0 Å². The number of methoxy groups -OCH3 is 1. The number of aromatic nitrogens is 1. The van der Waals surface area contributed by atoms with Gasteiger partial charge >= 0.3 is 0 Å². The van der Waals surface area contributed by atoms with Crippen molar-refractivity contribution in [3.05, 3.63) is 95.2 Å². The maximum atomic E-state index is 13.4. The van der Waals surface area contributed by atoms with Crippen LogP contribution < -0.4 is 24.3 Å². The van der Waals surface area contributed by atoms with Crippen molar-refractivity contribution in [2.45, 2.75) is 38.8 Å². The molecular formula is C35H41N3O3+2. The third kappa shape index (κ3) is 5.80. The van der Waals surface area contributed by atoms with E-state index < -0.39 is 0 Å². The van der Waals surface area contributed by atoms with Gasteiger partial charge in [-0.05, 0) is 67.5 Å². The highest BCUT2D eigenvalue weighted by atomic mass is 16.5. The van der Waals surface area contributed by atoms with Gasteiger partial charge in [-0.25, -0.2) is 0 Å². The SMILES string of the molecule is CNc1ccc2ccc(COc3cc4c(cc3OC)C(=O)C(CC3CC[NH+](Cc5ccccc5)CC3)C4)[n+](C)c2c1. The number of carbonyl (C=O) groups is 1. The molecule has 0 radical (unpaired) electrons. The lowest BCUT2D eigenvalue weighted by molar-refractivity contribution is -0.919. The van der Waals surface area contributed by atoms with Crippen molar-refractivity contribution in [2.75, 3.05) is 32.6 Å². The van der Waals surface area contributed by atoms with E-state index in [4.69, 9.17) is 9.47 Å². The average Bonchev–Trinajstić information content (AvgIpc) is 3.31. The third-order valence-electron chi connectivity index (χ3n) is 9.16. The summed E-state index contributed by atoms with van der Waals surface area (Å²) in [4.78, 5) is 15.1. The third-order valence-corrected chi connectivity index (χ3v) is 9.16. The number of nitrogens with one attached hydrogen (secondary N) is 2. The molecule has 6 rings (SSSR count). The number of nitrogens with zero attached hydrogens (tertiary/aromatic N) is 1. The maximum Gasteiger partial charge on any atom is 0.219 e. The van der Waals surface area contributed by atoms with Crippen LogP contribution in [-0.2, 0) is 26.6 Å². The summed E-state index contributed by atoms with van der Waals surface area (Å²) in [6.07, 6.45) is 4.16. The van der Waals surface area contributed by atoms with Crippen molar-refractivity contribution in [1.29, 1.82) is 0 Å².